The third-order valence-corrected chi connectivity index (χ3v) is 6.95. The highest BCUT2D eigenvalue weighted by Gasteiger charge is 2.14. The molecule has 2 N–H and O–H groups in total. The van der Waals surface area contributed by atoms with Crippen molar-refractivity contribution >= 4 is 20.0 Å². The number of rotatable bonds is 9. The standard InChI is InChI=1S/C18H24N2O4S2/c1-3-15-5-9-18(10-6-15)26(23,24)20-14-13-16-7-11-17(12-8-16)25(21,22)19-4-2/h5-12,19-20H,3-4,13-14H2,1-2H3. The van der Waals surface area contributed by atoms with Gasteiger partial charge in [0.05, 0.1) is 9.79 Å². The molecule has 0 heterocycles. The number of aryl methyl sites for hydroxylation is 1. The maximum atomic E-state index is 12.3. The van der Waals surface area contributed by atoms with Crippen molar-refractivity contribution in [2.75, 3.05) is 13.1 Å². The fourth-order valence-electron chi connectivity index (χ4n) is 2.43. The van der Waals surface area contributed by atoms with Gasteiger partial charge in [-0.1, -0.05) is 38.1 Å². The quantitative estimate of drug-likeness (QED) is 0.679. The van der Waals surface area contributed by atoms with Crippen LogP contribution in [0.1, 0.15) is 25.0 Å². The average molecular weight is 397 g/mol. The second-order valence-corrected chi connectivity index (χ2v) is 9.32. The minimum atomic E-state index is -3.55. The van der Waals surface area contributed by atoms with E-state index in [9.17, 15) is 16.8 Å². The van der Waals surface area contributed by atoms with Crippen LogP contribution in [-0.2, 0) is 32.9 Å². The van der Waals surface area contributed by atoms with Crippen LogP contribution in [0.3, 0.4) is 0 Å². The van der Waals surface area contributed by atoms with Crippen molar-refractivity contribution in [1.82, 2.24) is 9.44 Å². The zero-order valence-corrected chi connectivity index (χ0v) is 16.5. The Bertz CT molecular complexity index is 920. The molecule has 0 saturated carbocycles. The molecule has 0 unspecified atom stereocenters. The summed E-state index contributed by atoms with van der Waals surface area (Å²) >= 11 is 0. The highest BCUT2D eigenvalue weighted by Crippen LogP contribution is 2.13. The lowest BCUT2D eigenvalue weighted by molar-refractivity contribution is 0.581. The van der Waals surface area contributed by atoms with Gasteiger partial charge in [-0.2, -0.15) is 0 Å². The van der Waals surface area contributed by atoms with Crippen LogP contribution in [-0.4, -0.2) is 29.9 Å². The van der Waals surface area contributed by atoms with E-state index in [0.717, 1.165) is 17.5 Å². The number of nitrogens with one attached hydrogen (secondary N) is 2. The van der Waals surface area contributed by atoms with Crippen molar-refractivity contribution in [1.29, 1.82) is 0 Å². The Morgan fingerprint density at radius 3 is 1.62 bits per heavy atom. The highest BCUT2D eigenvalue weighted by atomic mass is 32.2. The van der Waals surface area contributed by atoms with E-state index in [0.29, 0.717) is 13.0 Å². The zero-order valence-electron chi connectivity index (χ0n) is 14.9. The molecule has 6 nitrogen and oxygen atoms in total. The molecule has 2 aromatic carbocycles. The van der Waals surface area contributed by atoms with Crippen LogP contribution in [0.5, 0.6) is 0 Å². The largest absolute Gasteiger partial charge is 0.240 e. The number of benzene rings is 2. The zero-order chi connectivity index (χ0) is 19.2. The van der Waals surface area contributed by atoms with E-state index in [2.05, 4.69) is 9.44 Å². The predicted molar refractivity (Wildman–Crippen MR) is 102 cm³/mol. The van der Waals surface area contributed by atoms with E-state index in [1.54, 1.807) is 43.3 Å². The smallest absolute Gasteiger partial charge is 0.211 e. The molecule has 0 bridgehead atoms. The molecule has 0 fully saturated rings. The molecule has 0 saturated heterocycles. The van der Waals surface area contributed by atoms with Gasteiger partial charge in [0.25, 0.3) is 0 Å². The maximum Gasteiger partial charge on any atom is 0.240 e. The van der Waals surface area contributed by atoms with Crippen molar-refractivity contribution in [3.05, 3.63) is 59.7 Å². The Morgan fingerprint density at radius 1 is 0.692 bits per heavy atom. The first-order valence-electron chi connectivity index (χ1n) is 8.45. The van der Waals surface area contributed by atoms with E-state index in [4.69, 9.17) is 0 Å². The summed E-state index contributed by atoms with van der Waals surface area (Å²) in [5, 5.41) is 0. The summed E-state index contributed by atoms with van der Waals surface area (Å²) in [4.78, 5) is 0.432. The molecule has 142 valence electrons. The normalized spacial score (nSPS) is 12.2. The van der Waals surface area contributed by atoms with Gasteiger partial charge in [0, 0.05) is 13.1 Å². The van der Waals surface area contributed by atoms with Gasteiger partial charge in [0.15, 0.2) is 0 Å². The topological polar surface area (TPSA) is 92.3 Å². The number of hydrogen-bond acceptors (Lipinski definition) is 4. The summed E-state index contributed by atoms with van der Waals surface area (Å²) in [7, 11) is -7.02. The Hall–Kier alpha value is -1.74. The monoisotopic (exact) mass is 396 g/mol. The number of sulfonamides is 2. The maximum absolute atomic E-state index is 12.3. The molecule has 0 aliphatic rings. The minimum absolute atomic E-state index is 0.194. The van der Waals surface area contributed by atoms with Gasteiger partial charge in [0.2, 0.25) is 20.0 Å². The van der Waals surface area contributed by atoms with E-state index in [1.807, 2.05) is 6.92 Å². The lowest BCUT2D eigenvalue weighted by Crippen LogP contribution is -2.26. The minimum Gasteiger partial charge on any atom is -0.211 e. The molecular formula is C18H24N2O4S2. The first-order chi connectivity index (χ1) is 12.3. The van der Waals surface area contributed by atoms with Crippen LogP contribution < -0.4 is 9.44 Å². The summed E-state index contributed by atoms with van der Waals surface area (Å²) in [5.41, 5.74) is 1.93. The third kappa shape index (κ3) is 5.38. The van der Waals surface area contributed by atoms with Crippen LogP contribution in [0.2, 0.25) is 0 Å². The molecule has 0 spiro atoms. The van der Waals surface area contributed by atoms with Gasteiger partial charge in [-0.25, -0.2) is 26.3 Å². The van der Waals surface area contributed by atoms with Crippen molar-refractivity contribution in [2.45, 2.75) is 36.5 Å². The van der Waals surface area contributed by atoms with Crippen molar-refractivity contribution < 1.29 is 16.8 Å². The summed E-state index contributed by atoms with van der Waals surface area (Å²) in [6, 6.07) is 13.2. The fraction of sp³-hybridized carbons (Fsp3) is 0.333. The fourth-order valence-corrected chi connectivity index (χ4v) is 4.50. The van der Waals surface area contributed by atoms with Gasteiger partial charge in [-0.15, -0.1) is 0 Å². The van der Waals surface area contributed by atoms with Crippen LogP contribution in [0, 0.1) is 0 Å². The summed E-state index contributed by atoms with van der Waals surface area (Å²) in [6.07, 6.45) is 1.32. The molecule has 2 rings (SSSR count). The Balaban J connectivity index is 1.96. The van der Waals surface area contributed by atoms with Gasteiger partial charge in [0.1, 0.15) is 0 Å². The molecule has 0 radical (unpaired) electrons. The lowest BCUT2D eigenvalue weighted by Gasteiger charge is -2.08. The van der Waals surface area contributed by atoms with Gasteiger partial charge in [-0.05, 0) is 48.2 Å². The van der Waals surface area contributed by atoms with E-state index in [-0.39, 0.29) is 16.3 Å². The first-order valence-corrected chi connectivity index (χ1v) is 11.4. The third-order valence-electron chi connectivity index (χ3n) is 3.92. The second-order valence-electron chi connectivity index (χ2n) is 5.79. The molecule has 26 heavy (non-hydrogen) atoms. The van der Waals surface area contributed by atoms with Crippen LogP contribution in [0.25, 0.3) is 0 Å². The van der Waals surface area contributed by atoms with Gasteiger partial charge in [-0.3, -0.25) is 0 Å². The molecule has 8 heteroatoms. The Kier molecular flexibility index (Phi) is 6.94. The second kappa shape index (κ2) is 8.77. The molecule has 0 amide bonds. The van der Waals surface area contributed by atoms with Crippen LogP contribution in [0.4, 0.5) is 0 Å². The number of hydrogen-bond donors (Lipinski definition) is 2. The van der Waals surface area contributed by atoms with Crippen LogP contribution in [0.15, 0.2) is 58.3 Å². The van der Waals surface area contributed by atoms with Crippen molar-refractivity contribution in [3.63, 3.8) is 0 Å². The summed E-state index contributed by atoms with van der Waals surface area (Å²) in [6.45, 7) is 4.28. The first kappa shape index (κ1) is 20.6. The molecule has 0 aliphatic heterocycles. The van der Waals surface area contributed by atoms with Gasteiger partial charge >= 0.3 is 0 Å². The average Bonchev–Trinajstić information content (AvgIpc) is 2.62. The SMILES string of the molecule is CCNS(=O)(=O)c1ccc(CCNS(=O)(=O)c2ccc(CC)cc2)cc1. The molecular weight excluding hydrogens is 372 g/mol. The molecule has 0 atom stereocenters. The summed E-state index contributed by atoms with van der Waals surface area (Å²) in [5.74, 6) is 0. The predicted octanol–water partition coefficient (Wildman–Crippen LogP) is 2.07. The highest BCUT2D eigenvalue weighted by molar-refractivity contribution is 7.89. The van der Waals surface area contributed by atoms with Crippen molar-refractivity contribution in [3.8, 4) is 0 Å². The van der Waals surface area contributed by atoms with Gasteiger partial charge < -0.3 is 0 Å². The lowest BCUT2D eigenvalue weighted by atomic mass is 10.2. The summed E-state index contributed by atoms with van der Waals surface area (Å²) < 4.78 is 53.3. The van der Waals surface area contributed by atoms with E-state index in [1.165, 1.54) is 12.1 Å². The van der Waals surface area contributed by atoms with Crippen molar-refractivity contribution in [2.24, 2.45) is 0 Å². The Morgan fingerprint density at radius 2 is 1.15 bits per heavy atom. The van der Waals surface area contributed by atoms with E-state index >= 15 is 0 Å². The Labute approximate surface area is 155 Å². The van der Waals surface area contributed by atoms with Crippen LogP contribution >= 0.6 is 0 Å². The molecule has 0 aliphatic carbocycles. The molecule has 0 aromatic heterocycles. The van der Waals surface area contributed by atoms with E-state index < -0.39 is 20.0 Å². The molecule has 2 aromatic rings.